The number of aromatic amines is 1. The molecular weight excluding hydrogens is 288 g/mol. The second kappa shape index (κ2) is 4.46. The number of pyridine rings is 1. The summed E-state index contributed by atoms with van der Waals surface area (Å²) in [7, 11) is 0. The molecule has 0 atom stereocenters. The molecule has 0 radical (unpaired) electrons. The molecule has 0 spiro atoms. The molecule has 7 heteroatoms. The number of nitrogens with zero attached hydrogens (tertiary/aromatic N) is 4. The van der Waals surface area contributed by atoms with Crippen LogP contribution in [-0.4, -0.2) is 25.0 Å². The largest absolute Gasteiger partial charge is 0.384 e. The lowest BCUT2D eigenvalue weighted by Crippen LogP contribution is -2.02. The highest BCUT2D eigenvalue weighted by Gasteiger charge is 2.10. The number of nitrogens with one attached hydrogen (secondary N) is 1. The average Bonchev–Trinajstić information content (AvgIpc) is 3.03. The van der Waals surface area contributed by atoms with Gasteiger partial charge in [0.1, 0.15) is 5.82 Å². The number of nitrogens with two attached hydrogens (primary N) is 1. The lowest BCUT2D eigenvalue weighted by atomic mass is 10.2. The fourth-order valence-electron chi connectivity index (χ4n) is 2.42. The number of H-pyrrole nitrogens is 1. The number of aromatic nitrogens is 5. The molecule has 0 aliphatic rings. The Bertz CT molecular complexity index is 877. The van der Waals surface area contributed by atoms with Crippen molar-refractivity contribution in [2.24, 2.45) is 0 Å². The van der Waals surface area contributed by atoms with Gasteiger partial charge in [-0.2, -0.15) is 10.2 Å². The minimum atomic E-state index is 0.458. The first-order chi connectivity index (χ1) is 10.2. The summed E-state index contributed by atoms with van der Waals surface area (Å²) < 4.78 is 1.90. The Balaban J connectivity index is 1.79. The van der Waals surface area contributed by atoms with Crippen molar-refractivity contribution in [1.29, 1.82) is 0 Å². The highest BCUT2D eigenvalue weighted by atomic mass is 35.5. The second-order valence-corrected chi connectivity index (χ2v) is 5.25. The lowest BCUT2D eigenvalue weighted by Gasteiger charge is -2.02. The van der Waals surface area contributed by atoms with E-state index in [4.69, 9.17) is 17.3 Å². The van der Waals surface area contributed by atoms with Crippen LogP contribution < -0.4 is 5.73 Å². The fourth-order valence-corrected chi connectivity index (χ4v) is 2.60. The molecule has 21 heavy (non-hydrogen) atoms. The Hall–Kier alpha value is -2.60. The van der Waals surface area contributed by atoms with E-state index in [2.05, 4.69) is 20.3 Å². The van der Waals surface area contributed by atoms with Crippen molar-refractivity contribution in [3.05, 3.63) is 47.2 Å². The third-order valence-electron chi connectivity index (χ3n) is 3.43. The molecule has 0 unspecified atom stereocenters. The topological polar surface area (TPSA) is 85.4 Å². The summed E-state index contributed by atoms with van der Waals surface area (Å²) in [6.07, 6.45) is 1.80. The van der Waals surface area contributed by atoms with Gasteiger partial charge < -0.3 is 5.73 Å². The molecule has 0 aliphatic heterocycles. The van der Waals surface area contributed by atoms with Crippen LogP contribution in [0.3, 0.4) is 0 Å². The van der Waals surface area contributed by atoms with Crippen LogP contribution in [0.1, 0.15) is 5.69 Å². The number of halogens is 1. The zero-order valence-electron chi connectivity index (χ0n) is 10.9. The Morgan fingerprint density at radius 3 is 3.05 bits per heavy atom. The molecule has 3 aromatic heterocycles. The standard InChI is InChI=1S/C14H11ClN6/c15-9-1-3-12-8(5-9)6-17-21(12)7-11-10-2-4-13(16)18-14(10)20-19-11/h1-6H,7H2,(H3,16,18,19,20). The van der Waals surface area contributed by atoms with Crippen LogP contribution in [-0.2, 0) is 6.54 Å². The van der Waals surface area contributed by atoms with Crippen molar-refractivity contribution in [2.75, 3.05) is 5.73 Å². The summed E-state index contributed by atoms with van der Waals surface area (Å²) in [5.74, 6) is 0.458. The van der Waals surface area contributed by atoms with Gasteiger partial charge in [0.2, 0.25) is 0 Å². The van der Waals surface area contributed by atoms with Gasteiger partial charge in [0.05, 0.1) is 24.0 Å². The zero-order chi connectivity index (χ0) is 14.4. The smallest absolute Gasteiger partial charge is 0.183 e. The summed E-state index contributed by atoms with van der Waals surface area (Å²) in [6.45, 7) is 0.577. The first-order valence-corrected chi connectivity index (χ1v) is 6.79. The van der Waals surface area contributed by atoms with Gasteiger partial charge in [0.25, 0.3) is 0 Å². The lowest BCUT2D eigenvalue weighted by molar-refractivity contribution is 0.697. The monoisotopic (exact) mass is 298 g/mol. The Kier molecular flexibility index (Phi) is 2.58. The third-order valence-corrected chi connectivity index (χ3v) is 3.67. The maximum atomic E-state index is 5.99. The molecule has 1 aromatic carbocycles. The number of nitrogen functional groups attached to an aromatic ring is 1. The molecule has 4 rings (SSSR count). The first-order valence-electron chi connectivity index (χ1n) is 6.41. The molecule has 0 amide bonds. The van der Waals surface area contributed by atoms with Crippen molar-refractivity contribution in [1.82, 2.24) is 25.0 Å². The van der Waals surface area contributed by atoms with Gasteiger partial charge in [0, 0.05) is 15.8 Å². The maximum absolute atomic E-state index is 5.99. The van der Waals surface area contributed by atoms with Crippen molar-refractivity contribution in [3.8, 4) is 0 Å². The van der Waals surface area contributed by atoms with E-state index in [1.807, 2.05) is 28.9 Å². The maximum Gasteiger partial charge on any atom is 0.183 e. The average molecular weight is 299 g/mol. The molecule has 0 saturated carbocycles. The number of benzene rings is 1. The molecule has 0 fully saturated rings. The SMILES string of the molecule is Nc1ccc2c(Cn3ncc4cc(Cl)ccc43)[nH]nc2n1. The van der Waals surface area contributed by atoms with E-state index >= 15 is 0 Å². The van der Waals surface area contributed by atoms with Crippen LogP contribution in [0.2, 0.25) is 5.02 Å². The first kappa shape index (κ1) is 12.2. The molecule has 0 saturated heterocycles. The van der Waals surface area contributed by atoms with Gasteiger partial charge in [-0.25, -0.2) is 4.98 Å². The summed E-state index contributed by atoms with van der Waals surface area (Å²) in [6, 6.07) is 9.39. The minimum Gasteiger partial charge on any atom is -0.384 e. The number of hydrogen-bond donors (Lipinski definition) is 2. The van der Waals surface area contributed by atoms with Crippen LogP contribution in [0.4, 0.5) is 5.82 Å². The van der Waals surface area contributed by atoms with Crippen molar-refractivity contribution >= 4 is 39.4 Å². The van der Waals surface area contributed by atoms with E-state index in [0.29, 0.717) is 23.0 Å². The summed E-state index contributed by atoms with van der Waals surface area (Å²) in [4.78, 5) is 4.19. The van der Waals surface area contributed by atoms with Crippen LogP contribution >= 0.6 is 11.6 Å². The van der Waals surface area contributed by atoms with Crippen molar-refractivity contribution in [3.63, 3.8) is 0 Å². The minimum absolute atomic E-state index is 0.458. The zero-order valence-corrected chi connectivity index (χ0v) is 11.7. The quantitative estimate of drug-likeness (QED) is 0.595. The van der Waals surface area contributed by atoms with E-state index in [9.17, 15) is 0 Å². The molecule has 0 aliphatic carbocycles. The summed E-state index contributed by atoms with van der Waals surface area (Å²) in [5.41, 5.74) is 8.24. The molecule has 0 bridgehead atoms. The van der Waals surface area contributed by atoms with Crippen LogP contribution in [0, 0.1) is 0 Å². The molecule has 3 N–H and O–H groups in total. The molecular formula is C14H11ClN6. The van der Waals surface area contributed by atoms with E-state index in [1.54, 1.807) is 12.3 Å². The number of hydrogen-bond acceptors (Lipinski definition) is 4. The van der Waals surface area contributed by atoms with E-state index in [1.165, 1.54) is 0 Å². The van der Waals surface area contributed by atoms with Gasteiger partial charge in [-0.1, -0.05) is 11.6 Å². The second-order valence-electron chi connectivity index (χ2n) is 4.81. The van der Waals surface area contributed by atoms with E-state index < -0.39 is 0 Å². The summed E-state index contributed by atoms with van der Waals surface area (Å²) >= 11 is 5.99. The predicted molar refractivity (Wildman–Crippen MR) is 82.1 cm³/mol. The van der Waals surface area contributed by atoms with Gasteiger partial charge in [-0.05, 0) is 30.3 Å². The molecule has 6 nitrogen and oxygen atoms in total. The molecule has 4 aromatic rings. The van der Waals surface area contributed by atoms with E-state index in [-0.39, 0.29) is 0 Å². The molecule has 3 heterocycles. The van der Waals surface area contributed by atoms with Crippen molar-refractivity contribution < 1.29 is 0 Å². The fraction of sp³-hybridized carbons (Fsp3) is 0.0714. The summed E-state index contributed by atoms with van der Waals surface area (Å²) in [5, 5.41) is 14.2. The Labute approximate surface area is 124 Å². The van der Waals surface area contributed by atoms with Gasteiger partial charge >= 0.3 is 0 Å². The van der Waals surface area contributed by atoms with Gasteiger partial charge in [0.15, 0.2) is 5.65 Å². The van der Waals surface area contributed by atoms with Crippen LogP contribution in [0.15, 0.2) is 36.5 Å². The highest BCUT2D eigenvalue weighted by molar-refractivity contribution is 6.31. The van der Waals surface area contributed by atoms with Gasteiger partial charge in [-0.15, -0.1) is 0 Å². The highest BCUT2D eigenvalue weighted by Crippen LogP contribution is 2.21. The number of anilines is 1. The third kappa shape index (κ3) is 2.00. The van der Waals surface area contributed by atoms with Crippen molar-refractivity contribution in [2.45, 2.75) is 6.54 Å². The Morgan fingerprint density at radius 2 is 2.14 bits per heavy atom. The van der Waals surface area contributed by atoms with Crippen LogP contribution in [0.5, 0.6) is 0 Å². The van der Waals surface area contributed by atoms with Crippen LogP contribution in [0.25, 0.3) is 21.9 Å². The number of fused-ring (bicyclic) bond motifs is 2. The van der Waals surface area contributed by atoms with Gasteiger partial charge in [-0.3, -0.25) is 9.78 Å². The Morgan fingerprint density at radius 1 is 1.24 bits per heavy atom. The normalized spacial score (nSPS) is 11.5. The molecule has 104 valence electrons. The number of rotatable bonds is 2. The predicted octanol–water partition coefficient (Wildman–Crippen LogP) is 2.59. The van der Waals surface area contributed by atoms with E-state index in [0.717, 1.165) is 22.0 Å².